The Hall–Kier alpha value is -3.15. The Balaban J connectivity index is 1.50. The first-order valence-electron chi connectivity index (χ1n) is 7.44. The molecule has 122 valence electrons. The molecule has 0 bridgehead atoms. The van der Waals surface area contributed by atoms with Gasteiger partial charge in [-0.3, -0.25) is 0 Å². The Labute approximate surface area is 139 Å². The van der Waals surface area contributed by atoms with E-state index in [1.54, 1.807) is 6.07 Å². The third-order valence-electron chi connectivity index (χ3n) is 3.28. The van der Waals surface area contributed by atoms with Gasteiger partial charge in [0, 0.05) is 5.56 Å². The van der Waals surface area contributed by atoms with Crippen LogP contribution in [0.5, 0.6) is 5.75 Å². The van der Waals surface area contributed by atoms with E-state index in [0.717, 1.165) is 11.1 Å². The predicted octanol–water partition coefficient (Wildman–Crippen LogP) is 3.17. The molecule has 0 aliphatic carbocycles. The van der Waals surface area contributed by atoms with E-state index < -0.39 is 5.97 Å². The van der Waals surface area contributed by atoms with Crippen molar-refractivity contribution in [1.29, 1.82) is 0 Å². The number of carbonyl (C=O) groups is 1. The van der Waals surface area contributed by atoms with Crippen LogP contribution in [0.25, 0.3) is 11.5 Å². The maximum Gasteiger partial charge on any atom is 0.344 e. The average Bonchev–Trinajstić information content (AvgIpc) is 3.09. The highest BCUT2D eigenvalue weighted by atomic mass is 16.6. The zero-order valence-corrected chi connectivity index (χ0v) is 13.1. The molecule has 0 aliphatic heterocycles. The number of ether oxygens (including phenoxy) is 2. The van der Waals surface area contributed by atoms with Crippen molar-refractivity contribution in [3.05, 3.63) is 66.1 Å². The SMILES string of the molecule is Cc1ccccc1OCC(=O)OCc1nnc(-c2ccccc2)o1. The van der Waals surface area contributed by atoms with E-state index in [4.69, 9.17) is 13.9 Å². The Morgan fingerprint density at radius 1 is 1.04 bits per heavy atom. The van der Waals surface area contributed by atoms with Crippen molar-refractivity contribution in [2.24, 2.45) is 0 Å². The van der Waals surface area contributed by atoms with Crippen molar-refractivity contribution in [1.82, 2.24) is 10.2 Å². The van der Waals surface area contributed by atoms with Gasteiger partial charge in [0.05, 0.1) is 0 Å². The van der Waals surface area contributed by atoms with Crippen molar-refractivity contribution >= 4 is 5.97 Å². The number of hydrogen-bond acceptors (Lipinski definition) is 6. The van der Waals surface area contributed by atoms with E-state index in [-0.39, 0.29) is 19.1 Å². The summed E-state index contributed by atoms with van der Waals surface area (Å²) in [5.74, 6) is 0.771. The van der Waals surface area contributed by atoms with Crippen molar-refractivity contribution in [3.63, 3.8) is 0 Å². The molecule has 2 aromatic carbocycles. The van der Waals surface area contributed by atoms with Crippen LogP contribution in [0, 0.1) is 6.92 Å². The monoisotopic (exact) mass is 324 g/mol. The molecule has 1 heterocycles. The number of para-hydroxylation sites is 1. The zero-order chi connectivity index (χ0) is 16.8. The lowest BCUT2D eigenvalue weighted by atomic mass is 10.2. The van der Waals surface area contributed by atoms with Crippen LogP contribution >= 0.6 is 0 Å². The van der Waals surface area contributed by atoms with Crippen molar-refractivity contribution in [3.8, 4) is 17.2 Å². The Morgan fingerprint density at radius 3 is 2.58 bits per heavy atom. The Kier molecular flexibility index (Phi) is 4.86. The molecule has 0 aliphatic rings. The summed E-state index contributed by atoms with van der Waals surface area (Å²) in [4.78, 5) is 11.7. The van der Waals surface area contributed by atoms with Crippen LogP contribution in [-0.2, 0) is 16.1 Å². The van der Waals surface area contributed by atoms with Gasteiger partial charge >= 0.3 is 5.97 Å². The minimum atomic E-state index is -0.502. The molecule has 0 N–H and O–H groups in total. The number of nitrogens with zero attached hydrogens (tertiary/aromatic N) is 2. The molecule has 24 heavy (non-hydrogen) atoms. The molecule has 0 radical (unpaired) electrons. The highest BCUT2D eigenvalue weighted by molar-refractivity contribution is 5.71. The topological polar surface area (TPSA) is 74.5 Å². The fourth-order valence-electron chi connectivity index (χ4n) is 2.05. The lowest BCUT2D eigenvalue weighted by molar-refractivity contribution is -0.148. The van der Waals surface area contributed by atoms with Crippen LogP contribution < -0.4 is 4.74 Å². The molecular formula is C18H16N2O4. The zero-order valence-electron chi connectivity index (χ0n) is 13.1. The molecule has 6 nitrogen and oxygen atoms in total. The van der Waals surface area contributed by atoms with Gasteiger partial charge in [0.2, 0.25) is 5.89 Å². The van der Waals surface area contributed by atoms with Crippen molar-refractivity contribution in [2.45, 2.75) is 13.5 Å². The molecule has 0 saturated carbocycles. The van der Waals surface area contributed by atoms with E-state index in [9.17, 15) is 4.79 Å². The molecule has 0 spiro atoms. The Morgan fingerprint density at radius 2 is 1.79 bits per heavy atom. The number of carbonyl (C=O) groups excluding carboxylic acids is 1. The minimum absolute atomic E-state index is 0.0875. The third-order valence-corrected chi connectivity index (χ3v) is 3.28. The van der Waals surface area contributed by atoms with Gasteiger partial charge in [-0.05, 0) is 30.7 Å². The van der Waals surface area contributed by atoms with Crippen LogP contribution in [-0.4, -0.2) is 22.8 Å². The highest BCUT2D eigenvalue weighted by Gasteiger charge is 2.11. The summed E-state index contributed by atoms with van der Waals surface area (Å²) < 4.78 is 16.0. The third kappa shape index (κ3) is 3.98. The molecule has 0 atom stereocenters. The second-order valence-electron chi connectivity index (χ2n) is 5.08. The predicted molar refractivity (Wildman–Crippen MR) is 86.2 cm³/mol. The first-order valence-corrected chi connectivity index (χ1v) is 7.44. The lowest BCUT2D eigenvalue weighted by Gasteiger charge is -2.07. The summed E-state index contributed by atoms with van der Waals surface area (Å²) in [7, 11) is 0. The highest BCUT2D eigenvalue weighted by Crippen LogP contribution is 2.18. The van der Waals surface area contributed by atoms with Gasteiger partial charge < -0.3 is 13.9 Å². The number of hydrogen-bond donors (Lipinski definition) is 0. The van der Waals surface area contributed by atoms with Crippen molar-refractivity contribution in [2.75, 3.05) is 6.61 Å². The standard InChI is InChI=1S/C18H16N2O4/c1-13-7-5-6-10-15(13)22-12-17(21)23-11-16-19-20-18(24-16)14-8-3-2-4-9-14/h2-10H,11-12H2,1H3. The van der Waals surface area contributed by atoms with E-state index in [1.165, 1.54) is 0 Å². The molecule has 0 unspecified atom stereocenters. The van der Waals surface area contributed by atoms with E-state index in [2.05, 4.69) is 10.2 Å². The number of esters is 1. The molecule has 3 aromatic rings. The van der Waals surface area contributed by atoms with Crippen LogP contribution in [0.4, 0.5) is 0 Å². The van der Waals surface area contributed by atoms with E-state index in [1.807, 2.05) is 55.5 Å². The fourth-order valence-corrected chi connectivity index (χ4v) is 2.05. The Bertz CT molecular complexity index is 815. The van der Waals surface area contributed by atoms with Gasteiger partial charge in [0.25, 0.3) is 5.89 Å². The maximum atomic E-state index is 11.7. The first kappa shape index (κ1) is 15.7. The summed E-state index contributed by atoms with van der Waals surface area (Å²) in [6.07, 6.45) is 0. The molecule has 0 saturated heterocycles. The summed E-state index contributed by atoms with van der Waals surface area (Å²) in [6.45, 7) is 1.64. The van der Waals surface area contributed by atoms with Gasteiger partial charge in [-0.2, -0.15) is 0 Å². The molecule has 0 amide bonds. The minimum Gasteiger partial charge on any atom is -0.482 e. The summed E-state index contributed by atoms with van der Waals surface area (Å²) in [6, 6.07) is 16.8. The average molecular weight is 324 g/mol. The molecular weight excluding hydrogens is 308 g/mol. The quantitative estimate of drug-likeness (QED) is 0.648. The largest absolute Gasteiger partial charge is 0.482 e. The maximum absolute atomic E-state index is 11.7. The van der Waals surface area contributed by atoms with Gasteiger partial charge in [0.15, 0.2) is 13.2 Å². The number of benzene rings is 2. The van der Waals surface area contributed by atoms with Gasteiger partial charge in [-0.1, -0.05) is 36.4 Å². The first-order chi connectivity index (χ1) is 11.7. The summed E-state index contributed by atoms with van der Waals surface area (Å²) in [5, 5.41) is 7.79. The van der Waals surface area contributed by atoms with Crippen LogP contribution in [0.15, 0.2) is 59.0 Å². The van der Waals surface area contributed by atoms with Crippen molar-refractivity contribution < 1.29 is 18.7 Å². The van der Waals surface area contributed by atoms with Gasteiger partial charge in [-0.25, -0.2) is 4.79 Å². The van der Waals surface area contributed by atoms with Gasteiger partial charge in [-0.15, -0.1) is 10.2 Å². The molecule has 3 rings (SSSR count). The summed E-state index contributed by atoms with van der Waals surface area (Å²) >= 11 is 0. The molecule has 0 fully saturated rings. The summed E-state index contributed by atoms with van der Waals surface area (Å²) in [5.41, 5.74) is 1.76. The normalized spacial score (nSPS) is 10.4. The second-order valence-corrected chi connectivity index (χ2v) is 5.08. The van der Waals surface area contributed by atoms with Gasteiger partial charge in [0.1, 0.15) is 5.75 Å². The lowest BCUT2D eigenvalue weighted by Crippen LogP contribution is -2.15. The number of rotatable bonds is 6. The smallest absolute Gasteiger partial charge is 0.344 e. The van der Waals surface area contributed by atoms with Crippen LogP contribution in [0.3, 0.4) is 0 Å². The van der Waals surface area contributed by atoms with E-state index in [0.29, 0.717) is 11.6 Å². The van der Waals surface area contributed by atoms with E-state index >= 15 is 0 Å². The van der Waals surface area contributed by atoms with Crippen LogP contribution in [0.1, 0.15) is 11.5 Å². The molecule has 1 aromatic heterocycles. The van der Waals surface area contributed by atoms with Crippen LogP contribution in [0.2, 0.25) is 0 Å². The number of aromatic nitrogens is 2. The number of aryl methyl sites for hydroxylation is 1. The molecule has 6 heteroatoms. The second kappa shape index (κ2) is 7.41. The fraction of sp³-hybridized carbons (Fsp3) is 0.167.